The molecule has 0 fully saturated rings. The Labute approximate surface area is 165 Å². The van der Waals surface area contributed by atoms with Crippen molar-refractivity contribution >= 4 is 27.3 Å². The van der Waals surface area contributed by atoms with Crippen LogP contribution in [-0.4, -0.2) is 40.3 Å². The van der Waals surface area contributed by atoms with Crippen LogP contribution in [0.5, 0.6) is 11.5 Å². The van der Waals surface area contributed by atoms with E-state index in [-0.39, 0.29) is 18.9 Å². The quantitative estimate of drug-likeness (QED) is 0.767. The second-order valence-electron chi connectivity index (χ2n) is 6.63. The zero-order valence-corrected chi connectivity index (χ0v) is 16.8. The van der Waals surface area contributed by atoms with Crippen LogP contribution in [0.15, 0.2) is 42.5 Å². The Morgan fingerprint density at radius 3 is 2.54 bits per heavy atom. The number of amides is 1. The molecule has 7 nitrogen and oxygen atoms in total. The van der Waals surface area contributed by atoms with Crippen LogP contribution in [0.2, 0.25) is 0 Å². The number of nitrogens with zero attached hydrogens (tertiary/aromatic N) is 1. The molecule has 8 heteroatoms. The van der Waals surface area contributed by atoms with Gasteiger partial charge in [0.2, 0.25) is 15.9 Å². The molecule has 0 atom stereocenters. The molecule has 1 aliphatic rings. The van der Waals surface area contributed by atoms with Crippen LogP contribution in [0.25, 0.3) is 0 Å². The number of para-hydroxylation sites is 1. The zero-order chi connectivity index (χ0) is 20.1. The van der Waals surface area contributed by atoms with Gasteiger partial charge in [-0.1, -0.05) is 18.2 Å². The molecule has 0 radical (unpaired) electrons. The minimum atomic E-state index is -3.50. The number of nitrogens with one attached hydrogen (secondary N) is 1. The predicted octanol–water partition coefficient (Wildman–Crippen LogP) is 2.95. The number of hydrogen-bond acceptors (Lipinski definition) is 5. The molecule has 0 saturated carbocycles. The highest BCUT2D eigenvalue weighted by atomic mass is 32.2. The minimum Gasteiger partial charge on any atom is -0.486 e. The van der Waals surface area contributed by atoms with E-state index in [9.17, 15) is 13.2 Å². The van der Waals surface area contributed by atoms with Gasteiger partial charge in [-0.25, -0.2) is 8.42 Å². The van der Waals surface area contributed by atoms with E-state index in [2.05, 4.69) is 5.32 Å². The first-order valence-corrected chi connectivity index (χ1v) is 10.9. The molecule has 0 aromatic heterocycles. The van der Waals surface area contributed by atoms with E-state index in [0.717, 1.165) is 17.5 Å². The Morgan fingerprint density at radius 1 is 1.11 bits per heavy atom. The van der Waals surface area contributed by atoms with Gasteiger partial charge in [0.15, 0.2) is 11.5 Å². The fourth-order valence-corrected chi connectivity index (χ4v) is 3.94. The number of fused-ring (bicyclic) bond motifs is 1. The van der Waals surface area contributed by atoms with Crippen molar-refractivity contribution in [2.45, 2.75) is 19.8 Å². The Bertz CT molecular complexity index is 959. The normalized spacial score (nSPS) is 13.1. The van der Waals surface area contributed by atoms with Crippen LogP contribution in [-0.2, 0) is 14.8 Å². The Morgan fingerprint density at radius 2 is 1.82 bits per heavy atom. The molecule has 2 aromatic carbocycles. The van der Waals surface area contributed by atoms with Gasteiger partial charge in [0.05, 0.1) is 11.9 Å². The third-order valence-electron chi connectivity index (χ3n) is 4.40. The number of carbonyl (C=O) groups is 1. The van der Waals surface area contributed by atoms with Gasteiger partial charge in [-0.15, -0.1) is 0 Å². The van der Waals surface area contributed by atoms with E-state index in [0.29, 0.717) is 36.8 Å². The summed E-state index contributed by atoms with van der Waals surface area (Å²) in [5.74, 6) is 0.973. The van der Waals surface area contributed by atoms with Crippen molar-refractivity contribution in [3.05, 3.63) is 48.0 Å². The van der Waals surface area contributed by atoms with E-state index in [4.69, 9.17) is 9.47 Å². The molecule has 28 heavy (non-hydrogen) atoms. The molecule has 150 valence electrons. The molecule has 2 aromatic rings. The maximum atomic E-state index is 12.3. The lowest BCUT2D eigenvalue weighted by atomic mass is 10.2. The second kappa shape index (κ2) is 8.52. The third kappa shape index (κ3) is 4.95. The van der Waals surface area contributed by atoms with E-state index in [1.54, 1.807) is 18.2 Å². The number of hydrogen-bond donors (Lipinski definition) is 1. The molecular weight excluding hydrogens is 380 g/mol. The van der Waals surface area contributed by atoms with Crippen molar-refractivity contribution in [1.82, 2.24) is 0 Å². The van der Waals surface area contributed by atoms with E-state index < -0.39 is 10.0 Å². The number of anilines is 2. The van der Waals surface area contributed by atoms with Gasteiger partial charge in [0.1, 0.15) is 13.2 Å². The lowest BCUT2D eigenvalue weighted by Gasteiger charge is -2.25. The van der Waals surface area contributed by atoms with Crippen molar-refractivity contribution in [2.75, 3.05) is 35.6 Å². The summed E-state index contributed by atoms with van der Waals surface area (Å²) in [6.45, 7) is 3.01. The van der Waals surface area contributed by atoms with E-state index >= 15 is 0 Å². The topological polar surface area (TPSA) is 84.9 Å². The maximum absolute atomic E-state index is 12.3. The Balaban J connectivity index is 1.64. The highest BCUT2D eigenvalue weighted by Gasteiger charge is 2.21. The van der Waals surface area contributed by atoms with Crippen LogP contribution in [0.3, 0.4) is 0 Å². The average molecular weight is 404 g/mol. The van der Waals surface area contributed by atoms with Gasteiger partial charge in [0.25, 0.3) is 0 Å². The largest absolute Gasteiger partial charge is 0.486 e. The second-order valence-corrected chi connectivity index (χ2v) is 8.54. The Kier molecular flexibility index (Phi) is 6.08. The SMILES string of the molecule is Cc1ccccc1NC(=O)CCCN(c1ccc2c(c1)OCCO2)S(C)(=O)=O. The molecular formula is C20H24N2O5S. The predicted molar refractivity (Wildman–Crippen MR) is 109 cm³/mol. The molecule has 0 bridgehead atoms. The third-order valence-corrected chi connectivity index (χ3v) is 5.59. The summed E-state index contributed by atoms with van der Waals surface area (Å²) in [5.41, 5.74) is 2.23. The monoisotopic (exact) mass is 404 g/mol. The minimum absolute atomic E-state index is 0.148. The number of rotatable bonds is 7. The molecule has 0 aliphatic carbocycles. The first kappa shape index (κ1) is 20.0. The number of carbonyl (C=O) groups excluding carboxylic acids is 1. The fourth-order valence-electron chi connectivity index (χ4n) is 2.98. The van der Waals surface area contributed by atoms with Gasteiger partial charge in [-0.3, -0.25) is 9.10 Å². The van der Waals surface area contributed by atoms with Gasteiger partial charge in [-0.2, -0.15) is 0 Å². The van der Waals surface area contributed by atoms with Gasteiger partial charge in [-0.05, 0) is 37.1 Å². The van der Waals surface area contributed by atoms with Crippen LogP contribution in [0.4, 0.5) is 11.4 Å². The summed E-state index contributed by atoms with van der Waals surface area (Å²) in [6.07, 6.45) is 1.75. The Hall–Kier alpha value is -2.74. The van der Waals surface area contributed by atoms with Crippen LogP contribution >= 0.6 is 0 Å². The van der Waals surface area contributed by atoms with Crippen molar-refractivity contribution in [2.24, 2.45) is 0 Å². The summed E-state index contributed by atoms with van der Waals surface area (Å²) >= 11 is 0. The zero-order valence-electron chi connectivity index (χ0n) is 16.0. The van der Waals surface area contributed by atoms with Crippen molar-refractivity contribution in [1.29, 1.82) is 0 Å². The standard InChI is InChI=1S/C20H24N2O5S/c1-15-6-3-4-7-17(15)21-20(23)8-5-11-22(28(2,24)25)16-9-10-18-19(14-16)27-13-12-26-18/h3-4,6-7,9-10,14H,5,8,11-13H2,1-2H3,(H,21,23). The summed E-state index contributed by atoms with van der Waals surface area (Å²) < 4.78 is 36.8. The lowest BCUT2D eigenvalue weighted by Crippen LogP contribution is -2.31. The highest BCUT2D eigenvalue weighted by Crippen LogP contribution is 2.34. The van der Waals surface area contributed by atoms with Crippen LogP contribution < -0.4 is 19.1 Å². The van der Waals surface area contributed by atoms with Gasteiger partial charge < -0.3 is 14.8 Å². The molecule has 0 unspecified atom stereocenters. The first-order valence-electron chi connectivity index (χ1n) is 9.07. The van der Waals surface area contributed by atoms with Gasteiger partial charge >= 0.3 is 0 Å². The van der Waals surface area contributed by atoms with Crippen LogP contribution in [0, 0.1) is 6.92 Å². The van der Waals surface area contributed by atoms with Gasteiger partial charge in [0, 0.05) is 24.7 Å². The number of aryl methyl sites for hydroxylation is 1. The van der Waals surface area contributed by atoms with Crippen molar-refractivity contribution < 1.29 is 22.7 Å². The molecule has 1 heterocycles. The number of benzene rings is 2. The molecule has 1 N–H and O–H groups in total. The highest BCUT2D eigenvalue weighted by molar-refractivity contribution is 7.92. The summed E-state index contributed by atoms with van der Waals surface area (Å²) in [5, 5.41) is 2.86. The fraction of sp³-hybridized carbons (Fsp3) is 0.350. The maximum Gasteiger partial charge on any atom is 0.232 e. The summed E-state index contributed by atoms with van der Waals surface area (Å²) in [7, 11) is -3.50. The molecule has 1 aliphatic heterocycles. The molecule has 1 amide bonds. The smallest absolute Gasteiger partial charge is 0.232 e. The van der Waals surface area contributed by atoms with E-state index in [1.165, 1.54) is 4.31 Å². The first-order chi connectivity index (χ1) is 13.3. The molecule has 3 rings (SSSR count). The summed E-state index contributed by atoms with van der Waals surface area (Å²) in [6, 6.07) is 12.6. The van der Waals surface area contributed by atoms with Crippen molar-refractivity contribution in [3.8, 4) is 11.5 Å². The van der Waals surface area contributed by atoms with Crippen molar-refractivity contribution in [3.63, 3.8) is 0 Å². The lowest BCUT2D eigenvalue weighted by molar-refractivity contribution is -0.116. The number of ether oxygens (including phenoxy) is 2. The number of sulfonamides is 1. The van der Waals surface area contributed by atoms with Crippen LogP contribution in [0.1, 0.15) is 18.4 Å². The summed E-state index contributed by atoms with van der Waals surface area (Å²) in [4.78, 5) is 12.2. The molecule has 0 spiro atoms. The molecule has 0 saturated heterocycles. The average Bonchev–Trinajstić information content (AvgIpc) is 2.66. The van der Waals surface area contributed by atoms with E-state index in [1.807, 2.05) is 31.2 Å².